The average Bonchev–Trinajstić information content (AvgIpc) is 2.90. The molecule has 1 aromatic heterocycles. The highest BCUT2D eigenvalue weighted by Gasteiger charge is 2.15. The fourth-order valence-corrected chi connectivity index (χ4v) is 2.52. The SMILES string of the molecule is CNC(Cc1ccn(C(C)C)n1)Cc1c(F)cccc1Cl. The molecule has 1 unspecified atom stereocenters. The number of likely N-dealkylation sites (N-methyl/N-ethyl adjacent to an activating group) is 1. The topological polar surface area (TPSA) is 29.9 Å². The van der Waals surface area contributed by atoms with Gasteiger partial charge in [-0.2, -0.15) is 5.10 Å². The summed E-state index contributed by atoms with van der Waals surface area (Å²) in [6, 6.07) is 7.23. The standard InChI is InChI=1S/C16H21ClFN3/c1-11(2)21-8-7-12(20-21)9-13(19-3)10-14-15(17)5-4-6-16(14)18/h4-8,11,13,19H,9-10H2,1-3H3. The van der Waals surface area contributed by atoms with Crippen LogP contribution in [-0.2, 0) is 12.8 Å². The molecule has 0 aliphatic rings. The van der Waals surface area contributed by atoms with Crippen molar-refractivity contribution in [1.82, 2.24) is 15.1 Å². The molecule has 1 heterocycles. The highest BCUT2D eigenvalue weighted by Crippen LogP contribution is 2.21. The molecular weight excluding hydrogens is 289 g/mol. The minimum atomic E-state index is -0.254. The molecule has 0 amide bonds. The maximum Gasteiger partial charge on any atom is 0.127 e. The van der Waals surface area contributed by atoms with Crippen molar-refractivity contribution in [1.29, 1.82) is 0 Å². The largest absolute Gasteiger partial charge is 0.316 e. The molecule has 2 aromatic rings. The first-order chi connectivity index (χ1) is 10.0. The van der Waals surface area contributed by atoms with E-state index in [9.17, 15) is 4.39 Å². The number of hydrogen-bond acceptors (Lipinski definition) is 2. The molecule has 0 saturated heterocycles. The van der Waals surface area contributed by atoms with E-state index in [0.29, 0.717) is 23.0 Å². The van der Waals surface area contributed by atoms with E-state index in [1.54, 1.807) is 12.1 Å². The lowest BCUT2D eigenvalue weighted by atomic mass is 10.0. The van der Waals surface area contributed by atoms with Gasteiger partial charge in [-0.3, -0.25) is 4.68 Å². The summed E-state index contributed by atoms with van der Waals surface area (Å²) in [7, 11) is 1.87. The molecule has 1 aromatic carbocycles. The molecule has 2 rings (SSSR count). The van der Waals surface area contributed by atoms with Gasteiger partial charge in [0.05, 0.1) is 5.69 Å². The van der Waals surface area contributed by atoms with Crippen LogP contribution in [0.1, 0.15) is 31.1 Å². The zero-order valence-electron chi connectivity index (χ0n) is 12.6. The third kappa shape index (κ3) is 4.05. The molecule has 21 heavy (non-hydrogen) atoms. The Morgan fingerprint density at radius 1 is 1.29 bits per heavy atom. The van der Waals surface area contributed by atoms with Crippen molar-refractivity contribution >= 4 is 11.6 Å². The minimum Gasteiger partial charge on any atom is -0.316 e. The molecule has 0 aliphatic heterocycles. The van der Waals surface area contributed by atoms with Crippen molar-refractivity contribution in [3.8, 4) is 0 Å². The molecular formula is C16H21ClFN3. The van der Waals surface area contributed by atoms with Gasteiger partial charge >= 0.3 is 0 Å². The summed E-state index contributed by atoms with van der Waals surface area (Å²) in [6.07, 6.45) is 3.25. The first-order valence-corrected chi connectivity index (χ1v) is 7.53. The van der Waals surface area contributed by atoms with Crippen LogP contribution in [0.2, 0.25) is 5.02 Å². The van der Waals surface area contributed by atoms with Gasteiger partial charge in [-0.15, -0.1) is 0 Å². The van der Waals surface area contributed by atoms with Crippen LogP contribution >= 0.6 is 11.6 Å². The van der Waals surface area contributed by atoms with Gasteiger partial charge in [0.2, 0.25) is 0 Å². The molecule has 114 valence electrons. The smallest absolute Gasteiger partial charge is 0.127 e. The predicted molar refractivity (Wildman–Crippen MR) is 84.3 cm³/mol. The Hall–Kier alpha value is -1.39. The summed E-state index contributed by atoms with van der Waals surface area (Å²) in [6.45, 7) is 4.18. The quantitative estimate of drug-likeness (QED) is 0.883. The lowest BCUT2D eigenvalue weighted by Gasteiger charge is -2.16. The van der Waals surface area contributed by atoms with Crippen LogP contribution in [0.25, 0.3) is 0 Å². The normalized spacial score (nSPS) is 12.9. The lowest BCUT2D eigenvalue weighted by molar-refractivity contribution is 0.502. The van der Waals surface area contributed by atoms with E-state index in [2.05, 4.69) is 24.3 Å². The predicted octanol–water partition coefficient (Wildman–Crippen LogP) is 3.63. The zero-order valence-corrected chi connectivity index (χ0v) is 13.4. The number of nitrogens with one attached hydrogen (secondary N) is 1. The lowest BCUT2D eigenvalue weighted by Crippen LogP contribution is -2.30. The summed E-state index contributed by atoms with van der Waals surface area (Å²) in [5.41, 5.74) is 1.55. The van der Waals surface area contributed by atoms with Crippen molar-refractivity contribution in [3.63, 3.8) is 0 Å². The number of hydrogen-bond donors (Lipinski definition) is 1. The Labute approximate surface area is 130 Å². The van der Waals surface area contributed by atoms with E-state index in [0.717, 1.165) is 12.1 Å². The zero-order chi connectivity index (χ0) is 15.4. The molecule has 0 saturated carbocycles. The summed E-state index contributed by atoms with van der Waals surface area (Å²) in [4.78, 5) is 0. The van der Waals surface area contributed by atoms with Crippen LogP contribution in [0.4, 0.5) is 4.39 Å². The molecule has 3 nitrogen and oxygen atoms in total. The average molecular weight is 310 g/mol. The molecule has 0 bridgehead atoms. The third-order valence-electron chi connectivity index (χ3n) is 3.57. The Morgan fingerprint density at radius 3 is 2.62 bits per heavy atom. The van der Waals surface area contributed by atoms with E-state index in [1.165, 1.54) is 6.07 Å². The minimum absolute atomic E-state index is 0.0925. The molecule has 5 heteroatoms. The van der Waals surface area contributed by atoms with Gasteiger partial charge in [0.25, 0.3) is 0 Å². The first kappa shape index (κ1) is 16.0. The highest BCUT2D eigenvalue weighted by atomic mass is 35.5. The molecule has 0 aliphatic carbocycles. The number of aromatic nitrogens is 2. The molecule has 1 atom stereocenters. The second-order valence-corrected chi connectivity index (χ2v) is 5.88. The fourth-order valence-electron chi connectivity index (χ4n) is 2.28. The van der Waals surface area contributed by atoms with Crippen LogP contribution in [0, 0.1) is 5.82 Å². The van der Waals surface area contributed by atoms with Gasteiger partial charge < -0.3 is 5.32 Å². The Morgan fingerprint density at radius 2 is 2.05 bits per heavy atom. The molecule has 0 fully saturated rings. The maximum absolute atomic E-state index is 13.9. The number of rotatable bonds is 6. The van der Waals surface area contributed by atoms with Gasteiger partial charge in [0, 0.05) is 35.3 Å². The summed E-state index contributed by atoms with van der Waals surface area (Å²) < 4.78 is 15.8. The van der Waals surface area contributed by atoms with Crippen molar-refractivity contribution in [3.05, 3.63) is 52.6 Å². The van der Waals surface area contributed by atoms with Crippen LogP contribution in [-0.4, -0.2) is 22.9 Å². The van der Waals surface area contributed by atoms with Gasteiger partial charge in [-0.1, -0.05) is 17.7 Å². The summed E-state index contributed by atoms with van der Waals surface area (Å²) >= 11 is 6.09. The van der Waals surface area contributed by atoms with Gasteiger partial charge in [-0.25, -0.2) is 4.39 Å². The molecule has 0 spiro atoms. The van der Waals surface area contributed by atoms with Crippen LogP contribution in [0.5, 0.6) is 0 Å². The van der Waals surface area contributed by atoms with E-state index < -0.39 is 0 Å². The fraction of sp³-hybridized carbons (Fsp3) is 0.438. The van der Waals surface area contributed by atoms with E-state index >= 15 is 0 Å². The second kappa shape index (κ2) is 7.05. The Balaban J connectivity index is 2.09. The van der Waals surface area contributed by atoms with Crippen LogP contribution in [0.3, 0.4) is 0 Å². The van der Waals surface area contributed by atoms with Crippen molar-refractivity contribution in [2.75, 3.05) is 7.05 Å². The summed E-state index contributed by atoms with van der Waals surface area (Å²) in [5, 5.41) is 8.23. The molecule has 0 radical (unpaired) electrons. The van der Waals surface area contributed by atoms with Gasteiger partial charge in [-0.05, 0) is 45.5 Å². The second-order valence-electron chi connectivity index (χ2n) is 5.47. The van der Waals surface area contributed by atoms with Crippen molar-refractivity contribution in [2.45, 2.75) is 38.8 Å². The Bertz CT molecular complexity index is 575. The van der Waals surface area contributed by atoms with E-state index in [1.807, 2.05) is 24.0 Å². The summed E-state index contributed by atoms with van der Waals surface area (Å²) in [5.74, 6) is -0.254. The van der Waals surface area contributed by atoms with Gasteiger partial charge in [0.1, 0.15) is 5.82 Å². The number of halogens is 2. The highest BCUT2D eigenvalue weighted by molar-refractivity contribution is 6.31. The third-order valence-corrected chi connectivity index (χ3v) is 3.92. The first-order valence-electron chi connectivity index (χ1n) is 7.15. The molecule has 1 N–H and O–H groups in total. The number of benzene rings is 1. The van der Waals surface area contributed by atoms with E-state index in [4.69, 9.17) is 11.6 Å². The van der Waals surface area contributed by atoms with Crippen LogP contribution in [0.15, 0.2) is 30.5 Å². The van der Waals surface area contributed by atoms with Crippen molar-refractivity contribution in [2.24, 2.45) is 0 Å². The van der Waals surface area contributed by atoms with Crippen LogP contribution < -0.4 is 5.32 Å². The maximum atomic E-state index is 13.9. The van der Waals surface area contributed by atoms with E-state index in [-0.39, 0.29) is 11.9 Å². The van der Waals surface area contributed by atoms with Gasteiger partial charge in [0.15, 0.2) is 0 Å². The monoisotopic (exact) mass is 309 g/mol. The Kier molecular flexibility index (Phi) is 5.37. The number of nitrogens with zero attached hydrogens (tertiary/aromatic N) is 2. The van der Waals surface area contributed by atoms with Crippen molar-refractivity contribution < 1.29 is 4.39 Å².